The maximum atomic E-state index is 5.97. The summed E-state index contributed by atoms with van der Waals surface area (Å²) in [4.78, 5) is 2.03. The third kappa shape index (κ3) is 2.14. The number of halogens is 1. The molecule has 4 heteroatoms. The summed E-state index contributed by atoms with van der Waals surface area (Å²) in [6, 6.07) is 7.55. The largest absolute Gasteiger partial charge is 0.472 e. The molecule has 0 radical (unpaired) electrons. The van der Waals surface area contributed by atoms with E-state index in [0.29, 0.717) is 10.7 Å². The SMILES string of the molecule is CN(Cc1ccoc1)c1cccc(Cl)c1N. The highest BCUT2D eigenvalue weighted by atomic mass is 35.5. The van der Waals surface area contributed by atoms with E-state index in [2.05, 4.69) is 0 Å². The number of hydrogen-bond donors (Lipinski definition) is 1. The van der Waals surface area contributed by atoms with E-state index in [1.807, 2.05) is 30.1 Å². The van der Waals surface area contributed by atoms with Gasteiger partial charge in [0.05, 0.1) is 28.9 Å². The predicted octanol–water partition coefficient (Wildman–Crippen LogP) is 3.15. The summed E-state index contributed by atoms with van der Waals surface area (Å²) in [6.45, 7) is 0.737. The molecular weight excluding hydrogens is 224 g/mol. The van der Waals surface area contributed by atoms with Crippen molar-refractivity contribution >= 4 is 23.0 Å². The predicted molar refractivity (Wildman–Crippen MR) is 66.7 cm³/mol. The molecule has 0 unspecified atom stereocenters. The zero-order chi connectivity index (χ0) is 11.5. The summed E-state index contributed by atoms with van der Waals surface area (Å²) in [5, 5.41) is 0.580. The summed E-state index contributed by atoms with van der Waals surface area (Å²) in [7, 11) is 1.97. The Hall–Kier alpha value is -1.61. The highest BCUT2D eigenvalue weighted by molar-refractivity contribution is 6.33. The van der Waals surface area contributed by atoms with E-state index in [1.165, 1.54) is 0 Å². The number of furan rings is 1. The van der Waals surface area contributed by atoms with Gasteiger partial charge in [0.15, 0.2) is 0 Å². The monoisotopic (exact) mass is 236 g/mol. The van der Waals surface area contributed by atoms with Gasteiger partial charge in [0.1, 0.15) is 0 Å². The summed E-state index contributed by atoms with van der Waals surface area (Å²) in [6.07, 6.45) is 3.38. The first-order valence-electron chi connectivity index (χ1n) is 4.94. The van der Waals surface area contributed by atoms with E-state index in [9.17, 15) is 0 Å². The van der Waals surface area contributed by atoms with Gasteiger partial charge >= 0.3 is 0 Å². The molecule has 0 atom stereocenters. The van der Waals surface area contributed by atoms with Crippen LogP contribution >= 0.6 is 11.6 Å². The van der Waals surface area contributed by atoms with Crippen molar-refractivity contribution in [3.05, 3.63) is 47.4 Å². The fourth-order valence-corrected chi connectivity index (χ4v) is 1.77. The number of rotatable bonds is 3. The van der Waals surface area contributed by atoms with Crippen LogP contribution in [0.1, 0.15) is 5.56 Å². The lowest BCUT2D eigenvalue weighted by molar-refractivity contribution is 0.563. The van der Waals surface area contributed by atoms with Crippen molar-refractivity contribution in [3.8, 4) is 0 Å². The topological polar surface area (TPSA) is 42.4 Å². The van der Waals surface area contributed by atoms with E-state index < -0.39 is 0 Å². The molecule has 1 aromatic carbocycles. The van der Waals surface area contributed by atoms with Crippen molar-refractivity contribution in [1.29, 1.82) is 0 Å². The van der Waals surface area contributed by atoms with Gasteiger partial charge in [-0.15, -0.1) is 0 Å². The minimum absolute atomic E-state index is 0.580. The van der Waals surface area contributed by atoms with Crippen LogP contribution in [0.25, 0.3) is 0 Å². The van der Waals surface area contributed by atoms with Crippen molar-refractivity contribution in [2.45, 2.75) is 6.54 Å². The standard InChI is InChI=1S/C12H13ClN2O/c1-15(7-9-5-6-16-8-9)11-4-2-3-10(13)12(11)14/h2-6,8H,7,14H2,1H3. The van der Waals surface area contributed by atoms with Crippen molar-refractivity contribution in [2.75, 3.05) is 17.7 Å². The number of nitrogens with two attached hydrogens (primary N) is 1. The van der Waals surface area contributed by atoms with Gasteiger partial charge in [0.2, 0.25) is 0 Å². The molecule has 0 bridgehead atoms. The zero-order valence-corrected chi connectivity index (χ0v) is 9.74. The molecular formula is C12H13ClN2O. The Bertz CT molecular complexity index is 468. The number of para-hydroxylation sites is 1. The van der Waals surface area contributed by atoms with E-state index in [0.717, 1.165) is 17.8 Å². The van der Waals surface area contributed by atoms with E-state index in [-0.39, 0.29) is 0 Å². The van der Waals surface area contributed by atoms with Gasteiger partial charge in [-0.1, -0.05) is 17.7 Å². The number of nitrogens with zero attached hydrogens (tertiary/aromatic N) is 1. The normalized spacial score (nSPS) is 10.4. The third-order valence-corrected chi connectivity index (χ3v) is 2.77. The molecule has 1 heterocycles. The summed E-state index contributed by atoms with van der Waals surface area (Å²) in [5.41, 5.74) is 8.55. The molecule has 84 valence electrons. The van der Waals surface area contributed by atoms with E-state index in [4.69, 9.17) is 21.8 Å². The molecule has 0 fully saturated rings. The summed E-state index contributed by atoms with van der Waals surface area (Å²) >= 11 is 5.97. The van der Waals surface area contributed by atoms with Gasteiger partial charge < -0.3 is 15.1 Å². The van der Waals surface area contributed by atoms with Crippen LogP contribution < -0.4 is 10.6 Å². The van der Waals surface area contributed by atoms with Gasteiger partial charge in [-0.25, -0.2) is 0 Å². The van der Waals surface area contributed by atoms with E-state index >= 15 is 0 Å². The molecule has 3 nitrogen and oxygen atoms in total. The number of anilines is 2. The fraction of sp³-hybridized carbons (Fsp3) is 0.167. The first-order valence-corrected chi connectivity index (χ1v) is 5.32. The molecule has 2 aromatic rings. The molecule has 1 aromatic heterocycles. The van der Waals surface area contributed by atoms with Crippen LogP contribution in [-0.4, -0.2) is 7.05 Å². The van der Waals surface area contributed by atoms with Gasteiger partial charge in [-0.3, -0.25) is 0 Å². The maximum Gasteiger partial charge on any atom is 0.0952 e. The van der Waals surface area contributed by atoms with Crippen LogP contribution in [0.3, 0.4) is 0 Å². The van der Waals surface area contributed by atoms with Gasteiger partial charge in [0.25, 0.3) is 0 Å². The molecule has 0 saturated heterocycles. The lowest BCUT2D eigenvalue weighted by Crippen LogP contribution is -2.17. The Balaban J connectivity index is 2.21. The molecule has 2 N–H and O–H groups in total. The maximum absolute atomic E-state index is 5.97. The Morgan fingerprint density at radius 1 is 1.38 bits per heavy atom. The molecule has 0 aliphatic rings. The highest BCUT2D eigenvalue weighted by Gasteiger charge is 2.08. The third-order valence-electron chi connectivity index (χ3n) is 2.44. The number of benzene rings is 1. The van der Waals surface area contributed by atoms with Crippen molar-refractivity contribution in [1.82, 2.24) is 0 Å². The molecule has 0 saturated carbocycles. The Morgan fingerprint density at radius 2 is 2.19 bits per heavy atom. The lowest BCUT2D eigenvalue weighted by atomic mass is 10.2. The van der Waals surface area contributed by atoms with Crippen LogP contribution in [0.2, 0.25) is 5.02 Å². The van der Waals surface area contributed by atoms with Gasteiger partial charge in [0, 0.05) is 19.2 Å². The van der Waals surface area contributed by atoms with Crippen LogP contribution in [0, 0.1) is 0 Å². The highest BCUT2D eigenvalue weighted by Crippen LogP contribution is 2.30. The smallest absolute Gasteiger partial charge is 0.0952 e. The fourth-order valence-electron chi connectivity index (χ4n) is 1.60. The average Bonchev–Trinajstić information content (AvgIpc) is 2.74. The average molecular weight is 237 g/mol. The first-order chi connectivity index (χ1) is 7.68. The molecule has 0 spiro atoms. The minimum Gasteiger partial charge on any atom is -0.472 e. The van der Waals surface area contributed by atoms with E-state index in [1.54, 1.807) is 18.6 Å². The number of hydrogen-bond acceptors (Lipinski definition) is 3. The second-order valence-corrected chi connectivity index (χ2v) is 4.07. The second-order valence-electron chi connectivity index (χ2n) is 3.66. The van der Waals surface area contributed by atoms with Gasteiger partial charge in [-0.2, -0.15) is 0 Å². The van der Waals surface area contributed by atoms with Crippen LogP contribution in [0.15, 0.2) is 41.2 Å². The van der Waals surface area contributed by atoms with Crippen molar-refractivity contribution in [2.24, 2.45) is 0 Å². The Kier molecular flexibility index (Phi) is 3.06. The van der Waals surface area contributed by atoms with Crippen LogP contribution in [0.5, 0.6) is 0 Å². The minimum atomic E-state index is 0.580. The zero-order valence-electron chi connectivity index (χ0n) is 8.98. The quantitative estimate of drug-likeness (QED) is 0.833. The summed E-state index contributed by atoms with van der Waals surface area (Å²) in [5.74, 6) is 0. The molecule has 16 heavy (non-hydrogen) atoms. The lowest BCUT2D eigenvalue weighted by Gasteiger charge is -2.20. The van der Waals surface area contributed by atoms with Crippen molar-refractivity contribution in [3.63, 3.8) is 0 Å². The molecule has 0 aliphatic heterocycles. The van der Waals surface area contributed by atoms with Crippen LogP contribution in [0.4, 0.5) is 11.4 Å². The molecule has 0 aliphatic carbocycles. The van der Waals surface area contributed by atoms with Crippen LogP contribution in [-0.2, 0) is 6.54 Å². The Labute approximate surface area is 99.4 Å². The van der Waals surface area contributed by atoms with Crippen molar-refractivity contribution < 1.29 is 4.42 Å². The molecule has 0 amide bonds. The second kappa shape index (κ2) is 4.49. The first kappa shape index (κ1) is 10.9. The molecule has 2 rings (SSSR count). The number of nitrogen functional groups attached to an aromatic ring is 1. The van der Waals surface area contributed by atoms with Gasteiger partial charge in [-0.05, 0) is 18.2 Å². The Morgan fingerprint density at radius 3 is 2.88 bits per heavy atom. The summed E-state index contributed by atoms with van der Waals surface area (Å²) < 4.78 is 5.02.